The molecule has 0 aliphatic heterocycles. The van der Waals surface area contributed by atoms with Crippen molar-refractivity contribution < 1.29 is 27.8 Å². The quantitative estimate of drug-likeness (QED) is 0.878. The van der Waals surface area contributed by atoms with Crippen LogP contribution in [0.25, 0.3) is 0 Å². The van der Waals surface area contributed by atoms with Crippen molar-refractivity contribution in [1.29, 1.82) is 0 Å². The largest absolute Gasteiger partial charge is 0.439 e. The van der Waals surface area contributed by atoms with E-state index in [4.69, 9.17) is 9.84 Å². The molecule has 0 radical (unpaired) electrons. The first-order valence-corrected chi connectivity index (χ1v) is 7.03. The van der Waals surface area contributed by atoms with Crippen LogP contribution < -0.4 is 10.1 Å². The Hall–Kier alpha value is -2.61. The summed E-state index contributed by atoms with van der Waals surface area (Å²) in [6.07, 6.45) is -4.47. The van der Waals surface area contributed by atoms with Crippen molar-refractivity contribution in [2.45, 2.75) is 19.2 Å². The van der Waals surface area contributed by atoms with Gasteiger partial charge in [-0.25, -0.2) is 4.98 Å². The number of carbonyl (C=O) groups is 1. The summed E-state index contributed by atoms with van der Waals surface area (Å²) in [4.78, 5) is 15.5. The molecule has 0 aliphatic carbocycles. The Kier molecular flexibility index (Phi) is 5.40. The Bertz CT molecular complexity index is 700. The first-order valence-electron chi connectivity index (χ1n) is 7.03. The van der Waals surface area contributed by atoms with Crippen LogP contribution in [0.5, 0.6) is 11.6 Å². The average Bonchev–Trinajstić information content (AvgIpc) is 2.52. The minimum absolute atomic E-state index is 0.0236. The molecule has 0 spiro atoms. The lowest BCUT2D eigenvalue weighted by molar-refractivity contribution is -0.137. The summed E-state index contributed by atoms with van der Waals surface area (Å²) in [5, 5.41) is 11.7. The predicted octanol–water partition coefficient (Wildman–Crippen LogP) is 3.00. The van der Waals surface area contributed by atoms with Gasteiger partial charge in [0, 0.05) is 24.4 Å². The maximum absolute atomic E-state index is 12.5. The van der Waals surface area contributed by atoms with Crippen LogP contribution in [-0.2, 0) is 6.18 Å². The third kappa shape index (κ3) is 4.95. The van der Waals surface area contributed by atoms with Gasteiger partial charge in [-0.05, 0) is 31.2 Å². The zero-order valence-electron chi connectivity index (χ0n) is 12.7. The van der Waals surface area contributed by atoms with Gasteiger partial charge in [-0.3, -0.25) is 4.79 Å². The molecular formula is C16H15F3N2O3. The second-order valence-corrected chi connectivity index (χ2v) is 5.07. The minimum atomic E-state index is -4.46. The molecule has 0 saturated carbocycles. The van der Waals surface area contributed by atoms with E-state index in [1.54, 1.807) is 18.2 Å². The number of hydrogen-bond donors (Lipinski definition) is 2. The highest BCUT2D eigenvalue weighted by atomic mass is 19.4. The van der Waals surface area contributed by atoms with Crippen molar-refractivity contribution >= 4 is 5.91 Å². The van der Waals surface area contributed by atoms with Gasteiger partial charge in [0.15, 0.2) is 0 Å². The van der Waals surface area contributed by atoms with Crippen LogP contribution in [-0.4, -0.2) is 28.6 Å². The molecule has 2 N–H and O–H groups in total. The number of pyridine rings is 1. The van der Waals surface area contributed by atoms with E-state index in [1.807, 2.05) is 0 Å². The Labute approximate surface area is 136 Å². The van der Waals surface area contributed by atoms with Gasteiger partial charge < -0.3 is 15.2 Å². The van der Waals surface area contributed by atoms with Gasteiger partial charge in [0.2, 0.25) is 5.88 Å². The van der Waals surface area contributed by atoms with Crippen molar-refractivity contribution in [2.75, 3.05) is 6.54 Å². The van der Waals surface area contributed by atoms with E-state index in [2.05, 4.69) is 10.3 Å². The third-order valence-corrected chi connectivity index (χ3v) is 2.94. The third-order valence-electron chi connectivity index (χ3n) is 2.94. The molecule has 8 heteroatoms. The molecule has 1 aromatic heterocycles. The van der Waals surface area contributed by atoms with E-state index in [1.165, 1.54) is 13.0 Å². The fourth-order valence-corrected chi connectivity index (χ4v) is 1.77. The van der Waals surface area contributed by atoms with Gasteiger partial charge in [-0.15, -0.1) is 0 Å². The summed E-state index contributed by atoms with van der Waals surface area (Å²) >= 11 is 0. The molecule has 24 heavy (non-hydrogen) atoms. The summed E-state index contributed by atoms with van der Waals surface area (Å²) in [6.45, 7) is 1.64. The molecule has 2 rings (SSSR count). The number of amides is 1. The highest BCUT2D eigenvalue weighted by molar-refractivity contribution is 5.94. The van der Waals surface area contributed by atoms with Gasteiger partial charge in [-0.1, -0.05) is 6.07 Å². The van der Waals surface area contributed by atoms with E-state index in [9.17, 15) is 18.0 Å². The van der Waals surface area contributed by atoms with Gasteiger partial charge >= 0.3 is 6.18 Å². The number of aromatic nitrogens is 1. The van der Waals surface area contributed by atoms with E-state index >= 15 is 0 Å². The number of aliphatic hydroxyl groups excluding tert-OH is 1. The second kappa shape index (κ2) is 7.31. The van der Waals surface area contributed by atoms with Crippen molar-refractivity contribution in [2.24, 2.45) is 0 Å². The Balaban J connectivity index is 2.08. The molecule has 2 aromatic rings. The smallest absolute Gasteiger partial charge is 0.417 e. The fraction of sp³-hybridized carbons (Fsp3) is 0.250. The van der Waals surface area contributed by atoms with Gasteiger partial charge in [0.1, 0.15) is 5.75 Å². The SMILES string of the molecule is C[C@@H](O)CNC(=O)c1cccc(Oc2ccc(C(F)(F)F)cn2)c1. The van der Waals surface area contributed by atoms with Crippen LogP contribution in [0.15, 0.2) is 42.6 Å². The molecule has 0 aliphatic rings. The van der Waals surface area contributed by atoms with Gasteiger partial charge in [0.05, 0.1) is 11.7 Å². The molecule has 0 unspecified atom stereocenters. The number of carbonyl (C=O) groups excluding carboxylic acids is 1. The standard InChI is InChI=1S/C16H15F3N2O3/c1-10(22)8-21-15(23)11-3-2-4-13(7-11)24-14-6-5-12(9-20-14)16(17,18)19/h2-7,9-10,22H,8H2,1H3,(H,21,23)/t10-/m1/s1. The molecule has 0 fully saturated rings. The number of rotatable bonds is 5. The number of halogens is 3. The minimum Gasteiger partial charge on any atom is -0.439 e. The number of alkyl halides is 3. The summed E-state index contributed by atoms with van der Waals surface area (Å²) < 4.78 is 42.8. The average molecular weight is 340 g/mol. The maximum Gasteiger partial charge on any atom is 0.417 e. The molecule has 1 heterocycles. The molecule has 1 atom stereocenters. The Morgan fingerprint density at radius 2 is 2.08 bits per heavy atom. The maximum atomic E-state index is 12.5. The lowest BCUT2D eigenvalue weighted by Crippen LogP contribution is -2.30. The summed E-state index contributed by atoms with van der Waals surface area (Å²) in [6, 6.07) is 8.05. The first kappa shape index (κ1) is 17.7. The number of ether oxygens (including phenoxy) is 1. The fourth-order valence-electron chi connectivity index (χ4n) is 1.77. The number of aliphatic hydroxyl groups is 1. The highest BCUT2D eigenvalue weighted by Gasteiger charge is 2.30. The van der Waals surface area contributed by atoms with Gasteiger partial charge in [0.25, 0.3) is 5.91 Å². The first-order chi connectivity index (χ1) is 11.3. The lowest BCUT2D eigenvalue weighted by atomic mass is 10.2. The van der Waals surface area contributed by atoms with Crippen molar-refractivity contribution in [3.8, 4) is 11.6 Å². The molecule has 1 aromatic carbocycles. The van der Waals surface area contributed by atoms with E-state index in [-0.39, 0.29) is 18.2 Å². The monoisotopic (exact) mass is 340 g/mol. The van der Waals surface area contributed by atoms with Crippen LogP contribution in [0, 0.1) is 0 Å². The Morgan fingerprint density at radius 1 is 1.33 bits per heavy atom. The van der Waals surface area contributed by atoms with E-state index in [0.29, 0.717) is 11.8 Å². The van der Waals surface area contributed by atoms with E-state index in [0.717, 1.165) is 12.1 Å². The molecule has 0 saturated heterocycles. The topological polar surface area (TPSA) is 71.5 Å². The summed E-state index contributed by atoms with van der Waals surface area (Å²) in [5.41, 5.74) is -0.582. The number of benzene rings is 1. The van der Waals surface area contributed by atoms with Crippen LogP contribution >= 0.6 is 0 Å². The molecule has 1 amide bonds. The number of nitrogens with zero attached hydrogens (tertiary/aromatic N) is 1. The second-order valence-electron chi connectivity index (χ2n) is 5.07. The summed E-state index contributed by atoms with van der Waals surface area (Å²) in [7, 11) is 0. The number of hydrogen-bond acceptors (Lipinski definition) is 4. The van der Waals surface area contributed by atoms with Crippen molar-refractivity contribution in [3.63, 3.8) is 0 Å². The zero-order chi connectivity index (χ0) is 17.7. The van der Waals surface area contributed by atoms with E-state index < -0.39 is 23.8 Å². The zero-order valence-corrected chi connectivity index (χ0v) is 12.7. The van der Waals surface area contributed by atoms with Crippen LogP contribution in [0.3, 0.4) is 0 Å². The van der Waals surface area contributed by atoms with Crippen molar-refractivity contribution in [1.82, 2.24) is 10.3 Å². The number of nitrogens with one attached hydrogen (secondary N) is 1. The highest BCUT2D eigenvalue weighted by Crippen LogP contribution is 2.30. The van der Waals surface area contributed by atoms with Gasteiger partial charge in [-0.2, -0.15) is 13.2 Å². The van der Waals surface area contributed by atoms with Crippen LogP contribution in [0.4, 0.5) is 13.2 Å². The lowest BCUT2D eigenvalue weighted by Gasteiger charge is -2.10. The normalized spacial score (nSPS) is 12.5. The van der Waals surface area contributed by atoms with Crippen LogP contribution in [0.1, 0.15) is 22.8 Å². The molecule has 128 valence electrons. The van der Waals surface area contributed by atoms with Crippen molar-refractivity contribution in [3.05, 3.63) is 53.7 Å². The predicted molar refractivity (Wildman–Crippen MR) is 79.8 cm³/mol. The summed E-state index contributed by atoms with van der Waals surface area (Å²) in [5.74, 6) is -0.168. The Morgan fingerprint density at radius 3 is 2.67 bits per heavy atom. The molecular weight excluding hydrogens is 325 g/mol. The molecule has 5 nitrogen and oxygen atoms in total. The molecule has 0 bridgehead atoms. The van der Waals surface area contributed by atoms with Crippen LogP contribution in [0.2, 0.25) is 0 Å².